The number of unbranched alkanes of at least 4 members (excludes halogenated alkanes) is 2. The molecule has 0 aliphatic rings. The highest BCUT2D eigenvalue weighted by Gasteiger charge is 2.33. The van der Waals surface area contributed by atoms with Crippen LogP contribution in [0.5, 0.6) is 5.75 Å². The topological polar surface area (TPSA) is 47.6 Å². The van der Waals surface area contributed by atoms with Crippen molar-refractivity contribution in [1.82, 2.24) is 0 Å². The molecule has 0 aliphatic heterocycles. The van der Waals surface area contributed by atoms with Crippen molar-refractivity contribution in [2.45, 2.75) is 72.3 Å². The second kappa shape index (κ2) is 9.67. The van der Waals surface area contributed by atoms with Gasteiger partial charge in [0.1, 0.15) is 11.4 Å². The van der Waals surface area contributed by atoms with Crippen LogP contribution in [0.3, 0.4) is 0 Å². The molecule has 136 valence electrons. The molecule has 0 aromatic heterocycles. The van der Waals surface area contributed by atoms with Crippen molar-refractivity contribution in [1.29, 1.82) is 0 Å². The van der Waals surface area contributed by atoms with Crippen LogP contribution in [0.25, 0.3) is 0 Å². The van der Waals surface area contributed by atoms with E-state index in [4.69, 9.17) is 9.47 Å². The average Bonchev–Trinajstić information content (AvgIpc) is 2.53. The van der Waals surface area contributed by atoms with Crippen LogP contribution in [0.1, 0.15) is 64.0 Å². The largest absolute Gasteiger partial charge is 0.496 e. The summed E-state index contributed by atoms with van der Waals surface area (Å²) in [6, 6.07) is 3.88. The van der Waals surface area contributed by atoms with Gasteiger partial charge in [0.2, 0.25) is 0 Å². The molecule has 0 saturated heterocycles. The molecule has 1 amide bonds. The molecule has 1 rings (SSSR count). The Balaban J connectivity index is 2.90. The summed E-state index contributed by atoms with van der Waals surface area (Å²) < 4.78 is 11.3. The van der Waals surface area contributed by atoms with Crippen LogP contribution < -0.4 is 10.1 Å². The number of methoxy groups -OCH3 is 1. The first-order valence-electron chi connectivity index (χ1n) is 8.98. The normalized spacial score (nSPS) is 13.4. The van der Waals surface area contributed by atoms with E-state index < -0.39 is 5.60 Å². The Bertz CT molecular complexity index is 519. The molecule has 0 bridgehead atoms. The van der Waals surface area contributed by atoms with Crippen LogP contribution in [-0.4, -0.2) is 25.2 Å². The molecule has 24 heavy (non-hydrogen) atoms. The molecule has 1 atom stereocenters. The third kappa shape index (κ3) is 5.52. The maximum atomic E-state index is 12.8. The highest BCUT2D eigenvalue weighted by molar-refractivity contribution is 5.97. The lowest BCUT2D eigenvalue weighted by atomic mass is 9.96. The van der Waals surface area contributed by atoms with Crippen molar-refractivity contribution < 1.29 is 14.3 Å². The Morgan fingerprint density at radius 2 is 1.75 bits per heavy atom. The van der Waals surface area contributed by atoms with Crippen LogP contribution >= 0.6 is 0 Å². The summed E-state index contributed by atoms with van der Waals surface area (Å²) in [6.07, 6.45) is 4.87. The Labute approximate surface area is 146 Å². The van der Waals surface area contributed by atoms with Gasteiger partial charge >= 0.3 is 0 Å². The van der Waals surface area contributed by atoms with E-state index in [0.717, 1.165) is 54.7 Å². The molecule has 0 heterocycles. The Morgan fingerprint density at radius 1 is 1.12 bits per heavy atom. The molecule has 4 heteroatoms. The van der Waals surface area contributed by atoms with Gasteiger partial charge in [-0.05, 0) is 56.9 Å². The van der Waals surface area contributed by atoms with E-state index in [-0.39, 0.29) is 5.91 Å². The van der Waals surface area contributed by atoms with Gasteiger partial charge in [-0.2, -0.15) is 0 Å². The number of ether oxygens (including phenoxy) is 2. The van der Waals surface area contributed by atoms with Crippen LogP contribution in [0.15, 0.2) is 12.1 Å². The Morgan fingerprint density at radius 3 is 2.25 bits per heavy atom. The predicted molar refractivity (Wildman–Crippen MR) is 99.9 cm³/mol. The summed E-state index contributed by atoms with van der Waals surface area (Å²) >= 11 is 0. The predicted octanol–water partition coefficient (Wildman–Crippen LogP) is 5.02. The van der Waals surface area contributed by atoms with Gasteiger partial charge < -0.3 is 14.8 Å². The van der Waals surface area contributed by atoms with Gasteiger partial charge in [-0.25, -0.2) is 0 Å². The molecule has 0 radical (unpaired) electrons. The highest BCUT2D eigenvalue weighted by atomic mass is 16.5. The zero-order valence-corrected chi connectivity index (χ0v) is 16.1. The summed E-state index contributed by atoms with van der Waals surface area (Å²) in [7, 11) is 1.66. The van der Waals surface area contributed by atoms with E-state index >= 15 is 0 Å². The van der Waals surface area contributed by atoms with E-state index in [2.05, 4.69) is 19.2 Å². The number of hydrogen-bond acceptors (Lipinski definition) is 3. The van der Waals surface area contributed by atoms with Gasteiger partial charge in [0.25, 0.3) is 5.91 Å². The number of nitrogens with one attached hydrogen (secondary N) is 1. The minimum absolute atomic E-state index is 0.0731. The van der Waals surface area contributed by atoms with Crippen molar-refractivity contribution in [3.8, 4) is 5.75 Å². The van der Waals surface area contributed by atoms with E-state index in [0.29, 0.717) is 6.61 Å². The third-order valence-corrected chi connectivity index (χ3v) is 4.28. The monoisotopic (exact) mass is 335 g/mol. The van der Waals surface area contributed by atoms with E-state index in [1.165, 1.54) is 0 Å². The SMILES string of the molecule is CCCCC[C@@](C)(OCCC)C(=O)Nc1cc(C)c(OC)c(C)c1. The average molecular weight is 335 g/mol. The minimum Gasteiger partial charge on any atom is -0.496 e. The number of benzene rings is 1. The molecular formula is C20H33NO3. The molecule has 1 aromatic rings. The second-order valence-electron chi connectivity index (χ2n) is 6.63. The smallest absolute Gasteiger partial charge is 0.256 e. The van der Waals surface area contributed by atoms with Crippen molar-refractivity contribution >= 4 is 11.6 Å². The fourth-order valence-electron chi connectivity index (χ4n) is 2.90. The third-order valence-electron chi connectivity index (χ3n) is 4.28. The number of amides is 1. The van der Waals surface area contributed by atoms with Crippen LogP contribution in [-0.2, 0) is 9.53 Å². The Hall–Kier alpha value is -1.55. The first kappa shape index (κ1) is 20.5. The van der Waals surface area contributed by atoms with Gasteiger partial charge in [-0.3, -0.25) is 4.79 Å². The lowest BCUT2D eigenvalue weighted by molar-refractivity contribution is -0.140. The van der Waals surface area contributed by atoms with Crippen LogP contribution in [0.4, 0.5) is 5.69 Å². The second-order valence-corrected chi connectivity index (χ2v) is 6.63. The summed E-state index contributed by atoms with van der Waals surface area (Å²) in [4.78, 5) is 12.8. The lowest BCUT2D eigenvalue weighted by Gasteiger charge is -2.29. The van der Waals surface area contributed by atoms with Crippen molar-refractivity contribution in [2.75, 3.05) is 19.0 Å². The van der Waals surface area contributed by atoms with Gasteiger partial charge in [0.05, 0.1) is 7.11 Å². The first-order chi connectivity index (χ1) is 11.4. The van der Waals surface area contributed by atoms with E-state index in [1.807, 2.05) is 32.9 Å². The highest BCUT2D eigenvalue weighted by Crippen LogP contribution is 2.28. The molecule has 4 nitrogen and oxygen atoms in total. The lowest BCUT2D eigenvalue weighted by Crippen LogP contribution is -2.43. The maximum absolute atomic E-state index is 12.8. The van der Waals surface area contributed by atoms with Crippen molar-refractivity contribution in [3.63, 3.8) is 0 Å². The summed E-state index contributed by atoms with van der Waals surface area (Å²) in [6.45, 7) is 10.7. The zero-order chi connectivity index (χ0) is 18.2. The quantitative estimate of drug-likeness (QED) is 0.611. The molecule has 0 spiro atoms. The number of carbonyl (C=O) groups is 1. The number of carbonyl (C=O) groups excluding carboxylic acids is 1. The summed E-state index contributed by atoms with van der Waals surface area (Å²) in [5.74, 6) is 0.789. The van der Waals surface area contributed by atoms with E-state index in [9.17, 15) is 4.79 Å². The number of anilines is 1. The standard InChI is InChI=1S/C20H33NO3/c1-7-9-10-11-20(5,24-12-8-2)19(22)21-17-13-15(3)18(23-6)16(4)14-17/h13-14H,7-12H2,1-6H3,(H,21,22)/t20-/m1/s1. The van der Waals surface area contributed by atoms with Gasteiger partial charge in [0, 0.05) is 12.3 Å². The number of aryl methyl sites for hydroxylation is 2. The first-order valence-corrected chi connectivity index (χ1v) is 8.98. The van der Waals surface area contributed by atoms with Gasteiger partial charge in [-0.15, -0.1) is 0 Å². The molecule has 1 aromatic carbocycles. The molecule has 0 aliphatic carbocycles. The summed E-state index contributed by atoms with van der Waals surface area (Å²) in [5, 5.41) is 3.03. The summed E-state index contributed by atoms with van der Waals surface area (Å²) in [5.41, 5.74) is 2.02. The Kier molecular flexibility index (Phi) is 8.26. The van der Waals surface area contributed by atoms with Gasteiger partial charge in [-0.1, -0.05) is 33.1 Å². The number of hydrogen-bond donors (Lipinski definition) is 1. The molecule has 0 unspecified atom stereocenters. The van der Waals surface area contributed by atoms with Crippen molar-refractivity contribution in [3.05, 3.63) is 23.3 Å². The van der Waals surface area contributed by atoms with E-state index in [1.54, 1.807) is 7.11 Å². The molecule has 1 N–H and O–H groups in total. The molecular weight excluding hydrogens is 302 g/mol. The zero-order valence-electron chi connectivity index (χ0n) is 16.1. The number of rotatable bonds is 10. The van der Waals surface area contributed by atoms with Gasteiger partial charge in [0.15, 0.2) is 0 Å². The van der Waals surface area contributed by atoms with Crippen LogP contribution in [0.2, 0.25) is 0 Å². The maximum Gasteiger partial charge on any atom is 0.256 e. The fourth-order valence-corrected chi connectivity index (χ4v) is 2.90. The minimum atomic E-state index is -0.785. The fraction of sp³-hybridized carbons (Fsp3) is 0.650. The van der Waals surface area contributed by atoms with Crippen molar-refractivity contribution in [2.24, 2.45) is 0 Å². The molecule has 0 fully saturated rings. The molecule has 0 saturated carbocycles. The van der Waals surface area contributed by atoms with Crippen LogP contribution in [0, 0.1) is 13.8 Å².